The first-order chi connectivity index (χ1) is 8.90. The molecule has 0 saturated carbocycles. The molecule has 0 aliphatic heterocycles. The predicted molar refractivity (Wildman–Crippen MR) is 67.1 cm³/mol. The van der Waals surface area contributed by atoms with Gasteiger partial charge in [0.15, 0.2) is 11.5 Å². The number of benzene rings is 1. The van der Waals surface area contributed by atoms with Crippen LogP contribution in [0, 0.1) is 10.1 Å². The first kappa shape index (κ1) is 14.6. The van der Waals surface area contributed by atoms with E-state index < -0.39 is 10.9 Å². The fourth-order valence-corrected chi connectivity index (χ4v) is 1.60. The number of rotatable bonds is 6. The summed E-state index contributed by atoms with van der Waals surface area (Å²) >= 11 is 0. The minimum atomic E-state index is -1.09. The highest BCUT2D eigenvalue weighted by Crippen LogP contribution is 2.38. The second-order valence-corrected chi connectivity index (χ2v) is 3.70. The van der Waals surface area contributed by atoms with Crippen LogP contribution in [0.3, 0.4) is 0 Å². The summed E-state index contributed by atoms with van der Waals surface area (Å²) in [6.07, 6.45) is 0. The lowest BCUT2D eigenvalue weighted by Crippen LogP contribution is -2.25. The minimum absolute atomic E-state index is 0.144. The van der Waals surface area contributed by atoms with E-state index in [1.165, 1.54) is 38.3 Å². The first-order valence-electron chi connectivity index (χ1n) is 5.24. The van der Waals surface area contributed by atoms with Crippen LogP contribution in [0.4, 0.5) is 11.4 Å². The Balaban J connectivity index is 3.34. The number of carboxylic acid groups (broad SMARTS) is 1. The van der Waals surface area contributed by atoms with Gasteiger partial charge in [-0.25, -0.2) is 0 Å². The summed E-state index contributed by atoms with van der Waals surface area (Å²) < 4.78 is 10.0. The molecule has 8 heteroatoms. The van der Waals surface area contributed by atoms with Crippen LogP contribution in [-0.4, -0.2) is 43.8 Å². The molecule has 0 radical (unpaired) electrons. The van der Waals surface area contributed by atoms with Crippen molar-refractivity contribution in [1.29, 1.82) is 0 Å². The zero-order valence-electron chi connectivity index (χ0n) is 10.7. The number of methoxy groups -OCH3 is 2. The Labute approximate surface area is 109 Å². The number of aliphatic carboxylic acids is 1. The molecule has 0 aliphatic carbocycles. The fraction of sp³-hybridized carbons (Fsp3) is 0.364. The standard InChI is InChI=1S/C11H14N2O6/c1-12(6-11(14)15)7-4-9(18-2)10(19-3)5-8(7)13(16)17/h4-5H,6H2,1-3H3,(H,14,15). The summed E-state index contributed by atoms with van der Waals surface area (Å²) in [5.41, 5.74) is -0.105. The number of hydrogen-bond acceptors (Lipinski definition) is 6. The van der Waals surface area contributed by atoms with E-state index in [2.05, 4.69) is 0 Å². The number of carbonyl (C=O) groups is 1. The van der Waals surface area contributed by atoms with Crippen LogP contribution in [-0.2, 0) is 4.79 Å². The second kappa shape index (κ2) is 5.89. The summed E-state index contributed by atoms with van der Waals surface area (Å²) in [5.74, 6) is -0.589. The number of hydrogen-bond donors (Lipinski definition) is 1. The molecule has 0 saturated heterocycles. The molecule has 0 atom stereocenters. The van der Waals surface area contributed by atoms with Gasteiger partial charge in [-0.05, 0) is 0 Å². The van der Waals surface area contributed by atoms with E-state index in [9.17, 15) is 14.9 Å². The topological polar surface area (TPSA) is 102 Å². The molecule has 0 bridgehead atoms. The smallest absolute Gasteiger partial charge is 0.323 e. The van der Waals surface area contributed by atoms with Crippen LogP contribution < -0.4 is 14.4 Å². The van der Waals surface area contributed by atoms with E-state index in [-0.39, 0.29) is 23.7 Å². The van der Waals surface area contributed by atoms with E-state index in [4.69, 9.17) is 14.6 Å². The molecule has 0 heterocycles. The van der Waals surface area contributed by atoms with Gasteiger partial charge < -0.3 is 19.5 Å². The largest absolute Gasteiger partial charge is 0.493 e. The van der Waals surface area contributed by atoms with Gasteiger partial charge in [-0.1, -0.05) is 0 Å². The van der Waals surface area contributed by atoms with Crippen molar-refractivity contribution in [2.75, 3.05) is 32.7 Å². The molecule has 0 spiro atoms. The number of anilines is 1. The normalized spacial score (nSPS) is 9.84. The van der Waals surface area contributed by atoms with Crippen molar-refractivity contribution in [3.05, 3.63) is 22.2 Å². The van der Waals surface area contributed by atoms with Gasteiger partial charge in [0.05, 0.1) is 25.2 Å². The van der Waals surface area contributed by atoms with Crippen LogP contribution >= 0.6 is 0 Å². The molecule has 0 amide bonds. The molecule has 0 aliphatic rings. The van der Waals surface area contributed by atoms with Crippen LogP contribution in [0.2, 0.25) is 0 Å². The molecule has 1 N–H and O–H groups in total. The summed E-state index contributed by atoms with van der Waals surface area (Å²) in [6, 6.07) is 2.58. The van der Waals surface area contributed by atoms with Crippen molar-refractivity contribution < 1.29 is 24.3 Å². The maximum Gasteiger partial charge on any atom is 0.323 e. The number of nitro groups is 1. The monoisotopic (exact) mass is 270 g/mol. The van der Waals surface area contributed by atoms with E-state index in [1.807, 2.05) is 0 Å². The number of likely N-dealkylation sites (N-methyl/N-ethyl adjacent to an activating group) is 1. The van der Waals surface area contributed by atoms with Crippen molar-refractivity contribution in [1.82, 2.24) is 0 Å². The lowest BCUT2D eigenvalue weighted by Gasteiger charge is -2.18. The predicted octanol–water partition coefficient (Wildman–Crippen LogP) is 1.13. The second-order valence-electron chi connectivity index (χ2n) is 3.70. The lowest BCUT2D eigenvalue weighted by atomic mass is 10.2. The van der Waals surface area contributed by atoms with E-state index in [0.717, 1.165) is 0 Å². The van der Waals surface area contributed by atoms with Crippen LogP contribution in [0.1, 0.15) is 0 Å². The van der Waals surface area contributed by atoms with E-state index in [0.29, 0.717) is 5.75 Å². The average molecular weight is 270 g/mol. The van der Waals surface area contributed by atoms with Gasteiger partial charge in [0.2, 0.25) is 0 Å². The highest BCUT2D eigenvalue weighted by atomic mass is 16.6. The van der Waals surface area contributed by atoms with E-state index >= 15 is 0 Å². The maximum absolute atomic E-state index is 11.0. The number of nitrogens with zero attached hydrogens (tertiary/aromatic N) is 2. The van der Waals surface area contributed by atoms with Crippen molar-refractivity contribution in [2.24, 2.45) is 0 Å². The Bertz CT molecular complexity index is 502. The summed E-state index contributed by atoms with van der Waals surface area (Å²) in [4.78, 5) is 22.3. The van der Waals surface area contributed by atoms with Crippen LogP contribution in [0.15, 0.2) is 12.1 Å². The van der Waals surface area contributed by atoms with Gasteiger partial charge in [0.1, 0.15) is 12.2 Å². The van der Waals surface area contributed by atoms with Gasteiger partial charge in [-0.3, -0.25) is 14.9 Å². The summed E-state index contributed by atoms with van der Waals surface area (Å²) in [6.45, 7) is -0.365. The molecule has 104 valence electrons. The Morgan fingerprint density at radius 2 is 1.89 bits per heavy atom. The maximum atomic E-state index is 11.0. The number of nitro benzene ring substituents is 1. The van der Waals surface area contributed by atoms with Crippen molar-refractivity contribution in [2.45, 2.75) is 0 Å². The Hall–Kier alpha value is -2.51. The molecule has 8 nitrogen and oxygen atoms in total. The van der Waals surface area contributed by atoms with E-state index in [1.54, 1.807) is 0 Å². The van der Waals surface area contributed by atoms with Crippen molar-refractivity contribution in [3.63, 3.8) is 0 Å². The van der Waals surface area contributed by atoms with Crippen molar-refractivity contribution in [3.8, 4) is 11.5 Å². The van der Waals surface area contributed by atoms with Gasteiger partial charge in [-0.2, -0.15) is 0 Å². The van der Waals surface area contributed by atoms with Gasteiger partial charge >= 0.3 is 5.97 Å². The Kier molecular flexibility index (Phi) is 4.51. The zero-order chi connectivity index (χ0) is 14.6. The molecule has 1 rings (SSSR count). The van der Waals surface area contributed by atoms with Crippen LogP contribution in [0.25, 0.3) is 0 Å². The lowest BCUT2D eigenvalue weighted by molar-refractivity contribution is -0.384. The third-order valence-electron chi connectivity index (χ3n) is 2.46. The molecule has 0 unspecified atom stereocenters. The van der Waals surface area contributed by atoms with Crippen LogP contribution in [0.5, 0.6) is 11.5 Å². The Morgan fingerprint density at radius 1 is 1.37 bits per heavy atom. The summed E-state index contributed by atoms with van der Waals surface area (Å²) in [5, 5.41) is 19.7. The zero-order valence-corrected chi connectivity index (χ0v) is 10.7. The molecular weight excluding hydrogens is 256 g/mol. The fourth-order valence-electron chi connectivity index (χ4n) is 1.60. The molecule has 0 fully saturated rings. The minimum Gasteiger partial charge on any atom is -0.493 e. The molecular formula is C11H14N2O6. The number of ether oxygens (including phenoxy) is 2. The highest BCUT2D eigenvalue weighted by molar-refractivity contribution is 5.77. The van der Waals surface area contributed by atoms with Crippen molar-refractivity contribution >= 4 is 17.3 Å². The third kappa shape index (κ3) is 3.24. The molecule has 19 heavy (non-hydrogen) atoms. The Morgan fingerprint density at radius 3 is 2.32 bits per heavy atom. The van der Waals surface area contributed by atoms with Gasteiger partial charge in [-0.15, -0.1) is 0 Å². The summed E-state index contributed by atoms with van der Waals surface area (Å²) in [7, 11) is 4.20. The number of carboxylic acids is 1. The quantitative estimate of drug-likeness (QED) is 0.610. The van der Waals surface area contributed by atoms with Gasteiger partial charge in [0, 0.05) is 13.1 Å². The molecule has 0 aromatic heterocycles. The highest BCUT2D eigenvalue weighted by Gasteiger charge is 2.23. The first-order valence-corrected chi connectivity index (χ1v) is 5.24. The third-order valence-corrected chi connectivity index (χ3v) is 2.46. The average Bonchev–Trinajstić information content (AvgIpc) is 2.35. The van der Waals surface area contributed by atoms with Gasteiger partial charge in [0.25, 0.3) is 5.69 Å². The SMILES string of the molecule is COc1cc(N(C)CC(=O)O)c([N+](=O)[O-])cc1OC. The molecule has 1 aromatic carbocycles. The molecule has 1 aromatic rings.